The standard InChI is InChI=1S/C116H98N4/c1-6-17-85(18-7-1)88-31-51-107(52-32-88)119(110-61-41-93(42-62-110)91-37-55-105(56-38-91)117(102-23-10-3-11-24-102)103-25-12-4-13-26-103)109-59-35-90(36-60-109)87-29-47-100(48-30-87)116-78-84-72-98(79-116)114(99(73-84)80-116)97-22-16-21-96(74-97)95-45-65-112(66-46-95)120(108-53-33-89(34-54-108)86-19-8-2-9-20-86)111-63-43-94(44-64-111)92-39-57-106(58-40-92)118(104-27-14-5-15-28-104)113-67-49-101(50-68-113)115-75-81-69-82(76-115)71-83(70-81)77-115/h1-68,74,81-84,98-99,114H,69-73,75-80H2. The minimum Gasteiger partial charge on any atom is -0.311 e. The van der Waals surface area contributed by atoms with E-state index in [1.54, 1.807) is 5.56 Å². The van der Waals surface area contributed by atoms with Crippen LogP contribution in [0, 0.1) is 35.5 Å². The summed E-state index contributed by atoms with van der Waals surface area (Å²) in [4.78, 5) is 9.54. The molecule has 24 rings (SSSR count). The predicted molar refractivity (Wildman–Crippen MR) is 502 cm³/mol. The van der Waals surface area contributed by atoms with Crippen LogP contribution < -0.4 is 19.6 Å². The zero-order chi connectivity index (χ0) is 79.5. The summed E-state index contributed by atoms with van der Waals surface area (Å²) >= 11 is 0. The summed E-state index contributed by atoms with van der Waals surface area (Å²) in [6.45, 7) is 0. The van der Waals surface area contributed by atoms with Crippen LogP contribution in [0.15, 0.2) is 419 Å². The lowest BCUT2D eigenvalue weighted by Crippen LogP contribution is -2.52. The van der Waals surface area contributed by atoms with Gasteiger partial charge in [-0.3, -0.25) is 0 Å². The van der Waals surface area contributed by atoms with Crippen LogP contribution in [-0.2, 0) is 10.8 Å². The first kappa shape index (κ1) is 73.1. The van der Waals surface area contributed by atoms with Gasteiger partial charge >= 0.3 is 0 Å². The molecule has 0 heterocycles. The van der Waals surface area contributed by atoms with Gasteiger partial charge in [0.15, 0.2) is 0 Å². The van der Waals surface area contributed by atoms with E-state index in [-0.39, 0.29) is 5.41 Å². The lowest BCUT2D eigenvalue weighted by Gasteiger charge is -2.60. The molecule has 8 aliphatic rings. The van der Waals surface area contributed by atoms with E-state index in [1.807, 2.05) is 0 Å². The fourth-order valence-electron chi connectivity index (χ4n) is 23.5. The van der Waals surface area contributed by atoms with Gasteiger partial charge in [0, 0.05) is 68.2 Å². The normalized spacial score (nSPS) is 20.9. The lowest BCUT2D eigenvalue weighted by molar-refractivity contribution is -0.0256. The molecule has 0 radical (unpaired) electrons. The summed E-state index contributed by atoms with van der Waals surface area (Å²) in [6, 6.07) is 156. The number of rotatable bonds is 21. The van der Waals surface area contributed by atoms with Gasteiger partial charge in [-0.1, -0.05) is 273 Å². The first-order valence-electron chi connectivity index (χ1n) is 43.9. The van der Waals surface area contributed by atoms with Crippen molar-refractivity contribution < 1.29 is 0 Å². The molecule has 4 nitrogen and oxygen atoms in total. The van der Waals surface area contributed by atoms with Gasteiger partial charge in [-0.2, -0.15) is 0 Å². The van der Waals surface area contributed by atoms with E-state index < -0.39 is 0 Å². The smallest absolute Gasteiger partial charge is 0.0462 e. The molecule has 0 N–H and O–H groups in total. The van der Waals surface area contributed by atoms with Crippen molar-refractivity contribution in [3.05, 3.63) is 435 Å². The van der Waals surface area contributed by atoms with Crippen LogP contribution in [-0.4, -0.2) is 0 Å². The van der Waals surface area contributed by atoms with Crippen molar-refractivity contribution in [2.24, 2.45) is 35.5 Å². The first-order valence-corrected chi connectivity index (χ1v) is 43.9. The number of benzene rings is 16. The molecular formula is C116H98N4. The van der Waals surface area contributed by atoms with Gasteiger partial charge in [-0.15, -0.1) is 0 Å². The Morgan fingerprint density at radius 3 is 0.650 bits per heavy atom. The van der Waals surface area contributed by atoms with Gasteiger partial charge in [0.25, 0.3) is 0 Å². The highest BCUT2D eigenvalue weighted by Gasteiger charge is 2.56. The van der Waals surface area contributed by atoms with Gasteiger partial charge in [-0.25, -0.2) is 0 Å². The second-order valence-electron chi connectivity index (χ2n) is 35.7. The van der Waals surface area contributed by atoms with Gasteiger partial charge < -0.3 is 19.6 Å². The van der Waals surface area contributed by atoms with E-state index in [9.17, 15) is 0 Å². The fraction of sp³-hybridized carbons (Fsp3) is 0.172. The highest BCUT2D eigenvalue weighted by Crippen LogP contribution is 2.66. The monoisotopic (exact) mass is 1550 g/mol. The van der Waals surface area contributed by atoms with Crippen LogP contribution in [0.4, 0.5) is 68.2 Å². The fourth-order valence-corrected chi connectivity index (χ4v) is 23.5. The van der Waals surface area contributed by atoms with Gasteiger partial charge in [0.05, 0.1) is 0 Å². The third-order valence-electron chi connectivity index (χ3n) is 28.4. The van der Waals surface area contributed by atoms with Crippen molar-refractivity contribution in [2.45, 2.75) is 87.4 Å². The maximum absolute atomic E-state index is 2.56. The molecule has 16 aromatic carbocycles. The zero-order valence-electron chi connectivity index (χ0n) is 67.9. The van der Waals surface area contributed by atoms with Crippen LogP contribution in [0.5, 0.6) is 0 Å². The Morgan fingerprint density at radius 1 is 0.167 bits per heavy atom. The minimum atomic E-state index is 0.218. The van der Waals surface area contributed by atoms with Crippen LogP contribution in [0.2, 0.25) is 0 Å². The minimum absolute atomic E-state index is 0.218. The molecule has 2 unspecified atom stereocenters. The maximum Gasteiger partial charge on any atom is 0.0462 e. The molecule has 8 saturated carbocycles. The van der Waals surface area contributed by atoms with Crippen molar-refractivity contribution in [1.82, 2.24) is 0 Å². The Hall–Kier alpha value is -13.3. The van der Waals surface area contributed by atoms with Crippen LogP contribution in [0.3, 0.4) is 0 Å². The molecule has 8 fully saturated rings. The van der Waals surface area contributed by atoms with E-state index in [0.29, 0.717) is 23.2 Å². The van der Waals surface area contributed by atoms with Gasteiger partial charge in [0.1, 0.15) is 0 Å². The highest BCUT2D eigenvalue weighted by atomic mass is 15.2. The van der Waals surface area contributed by atoms with E-state index in [0.717, 1.165) is 80.5 Å². The Kier molecular flexibility index (Phi) is 19.0. The number of nitrogens with zero attached hydrogens (tertiary/aromatic N) is 4. The number of hydrogen-bond acceptors (Lipinski definition) is 4. The van der Waals surface area contributed by atoms with E-state index in [1.165, 1.54) is 160 Å². The molecule has 0 saturated heterocycles. The maximum atomic E-state index is 2.56. The van der Waals surface area contributed by atoms with Crippen molar-refractivity contribution in [2.75, 3.05) is 19.6 Å². The summed E-state index contributed by atoms with van der Waals surface area (Å²) in [5.41, 5.74) is 33.4. The van der Waals surface area contributed by atoms with Crippen LogP contribution >= 0.6 is 0 Å². The summed E-state index contributed by atoms with van der Waals surface area (Å²) in [7, 11) is 0. The third-order valence-corrected chi connectivity index (χ3v) is 28.4. The van der Waals surface area contributed by atoms with Gasteiger partial charge in [-0.05, 0) is 352 Å². The first-order chi connectivity index (χ1) is 59.3. The summed E-state index contributed by atoms with van der Waals surface area (Å²) < 4.78 is 0. The Bertz CT molecular complexity index is 6130. The molecule has 0 amide bonds. The molecule has 0 aromatic heterocycles. The summed E-state index contributed by atoms with van der Waals surface area (Å²) in [6.07, 6.45) is 15.0. The quantitative estimate of drug-likeness (QED) is 0.0711. The highest BCUT2D eigenvalue weighted by molar-refractivity contribution is 5.86. The van der Waals surface area contributed by atoms with Crippen molar-refractivity contribution in [3.8, 4) is 66.8 Å². The largest absolute Gasteiger partial charge is 0.311 e. The Labute approximate surface area is 708 Å². The molecular weight excluding hydrogens is 1450 g/mol. The van der Waals surface area contributed by atoms with E-state index in [2.05, 4.69) is 438 Å². The SMILES string of the molecule is c1ccc(-c2ccc(N(c3ccc(-c4ccc(N(c5ccccc5)c5ccccc5)cc4)cc3)c3ccc(-c4ccc(C56CC7CC(C5)C(c5cccc(-c8ccc(N(c9ccc(-c%10ccccc%10)cc9)c9ccc(-c%10ccc(N(c%11ccccc%11)c%11ccc(C%12%13CC%14CC(CC(C%14)C%12)C%13)cc%11)cc%10)cc9)cc8)c5)C(C7)C6)cc4)cc3)cc2)cc1. The van der Waals surface area contributed by atoms with Crippen LogP contribution in [0.25, 0.3) is 66.8 Å². The topological polar surface area (TPSA) is 13.0 Å². The van der Waals surface area contributed by atoms with Crippen molar-refractivity contribution >= 4 is 68.2 Å². The number of hydrogen-bond donors (Lipinski definition) is 0. The molecule has 4 heteroatoms. The average Bonchev–Trinajstić information content (AvgIpc) is 0.731. The third kappa shape index (κ3) is 14.1. The van der Waals surface area contributed by atoms with Gasteiger partial charge in [0.2, 0.25) is 0 Å². The molecule has 2 atom stereocenters. The molecule has 120 heavy (non-hydrogen) atoms. The van der Waals surface area contributed by atoms with Crippen LogP contribution in [0.1, 0.15) is 93.2 Å². The zero-order valence-corrected chi connectivity index (χ0v) is 67.9. The summed E-state index contributed by atoms with van der Waals surface area (Å²) in [5, 5.41) is 0. The molecule has 8 bridgehead atoms. The molecule has 582 valence electrons. The van der Waals surface area contributed by atoms with Crippen molar-refractivity contribution in [1.29, 1.82) is 0 Å². The van der Waals surface area contributed by atoms with E-state index >= 15 is 0 Å². The predicted octanol–water partition coefficient (Wildman–Crippen LogP) is 31.9. The van der Waals surface area contributed by atoms with E-state index in [4.69, 9.17) is 0 Å². The molecule has 16 aromatic rings. The lowest BCUT2D eigenvalue weighted by atomic mass is 9.44. The second-order valence-corrected chi connectivity index (χ2v) is 35.7. The Morgan fingerprint density at radius 2 is 0.367 bits per heavy atom. The summed E-state index contributed by atoms with van der Waals surface area (Å²) in [5.74, 6) is 5.46. The number of para-hydroxylation sites is 3. The molecule has 0 aliphatic heterocycles. The molecule has 0 spiro atoms. The number of anilines is 12. The van der Waals surface area contributed by atoms with Crippen molar-refractivity contribution in [3.63, 3.8) is 0 Å². The average molecular weight is 1550 g/mol. The second kappa shape index (κ2) is 31.2. The Balaban J connectivity index is 0.494. The molecule has 8 aliphatic carbocycles.